The number of rotatable bonds is 7. The van der Waals surface area contributed by atoms with Crippen molar-refractivity contribution in [1.29, 1.82) is 0 Å². The number of para-hydroxylation sites is 1. The summed E-state index contributed by atoms with van der Waals surface area (Å²) in [4.78, 5) is 27.6. The quantitative estimate of drug-likeness (QED) is 0.304. The average Bonchev–Trinajstić information content (AvgIpc) is 3.13. The Bertz CT molecular complexity index is 1380. The molecule has 8 heteroatoms. The van der Waals surface area contributed by atoms with E-state index < -0.39 is 0 Å². The Morgan fingerprint density at radius 2 is 1.78 bits per heavy atom. The van der Waals surface area contributed by atoms with E-state index in [-0.39, 0.29) is 18.4 Å². The number of carbonyl (C=O) groups is 2. The van der Waals surface area contributed by atoms with Crippen molar-refractivity contribution in [3.63, 3.8) is 0 Å². The fourth-order valence-electron chi connectivity index (χ4n) is 3.64. The zero-order valence-electron chi connectivity index (χ0n) is 20.5. The molecule has 0 radical (unpaired) electrons. The summed E-state index contributed by atoms with van der Waals surface area (Å²) >= 11 is 6.76. The predicted octanol–water partition coefficient (Wildman–Crippen LogP) is 6.04. The number of thiocarbonyl (C=S) groups is 1. The summed E-state index contributed by atoms with van der Waals surface area (Å²) < 4.78 is 11.7. The Morgan fingerprint density at radius 3 is 2.50 bits per heavy atom. The van der Waals surface area contributed by atoms with E-state index in [0.29, 0.717) is 20.7 Å². The van der Waals surface area contributed by atoms with Gasteiger partial charge >= 0.3 is 0 Å². The molecule has 0 bridgehead atoms. The van der Waals surface area contributed by atoms with Gasteiger partial charge in [0.2, 0.25) is 0 Å². The molecule has 1 heterocycles. The second-order valence-electron chi connectivity index (χ2n) is 8.35. The summed E-state index contributed by atoms with van der Waals surface area (Å²) in [5, 5.41) is 2.84. The molecule has 0 saturated carbocycles. The van der Waals surface area contributed by atoms with Crippen LogP contribution < -0.4 is 19.7 Å². The van der Waals surface area contributed by atoms with E-state index in [1.807, 2.05) is 63.2 Å². The summed E-state index contributed by atoms with van der Waals surface area (Å²) in [7, 11) is 1.53. The Kier molecular flexibility index (Phi) is 7.76. The number of carbonyl (C=O) groups excluding carboxylic acids is 2. The van der Waals surface area contributed by atoms with Crippen LogP contribution in [0.5, 0.6) is 11.5 Å². The van der Waals surface area contributed by atoms with Gasteiger partial charge in [0, 0.05) is 5.69 Å². The number of methoxy groups -OCH3 is 1. The number of ether oxygens (including phenoxy) is 2. The van der Waals surface area contributed by atoms with Crippen LogP contribution in [0.25, 0.3) is 6.08 Å². The van der Waals surface area contributed by atoms with Crippen LogP contribution in [0, 0.1) is 20.8 Å². The first-order valence-corrected chi connectivity index (χ1v) is 12.5. The number of aryl methyl sites for hydroxylation is 3. The first kappa shape index (κ1) is 25.5. The molecule has 0 aromatic heterocycles. The fraction of sp³-hybridized carbons (Fsp3) is 0.179. The van der Waals surface area contributed by atoms with Crippen molar-refractivity contribution in [1.82, 2.24) is 0 Å². The number of benzene rings is 3. The molecule has 1 aliphatic heterocycles. The molecule has 1 N–H and O–H groups in total. The van der Waals surface area contributed by atoms with Gasteiger partial charge in [-0.3, -0.25) is 14.5 Å². The van der Waals surface area contributed by atoms with Crippen molar-refractivity contribution in [3.05, 3.63) is 87.8 Å². The highest BCUT2D eigenvalue weighted by atomic mass is 32.2. The number of anilines is 2. The summed E-state index contributed by atoms with van der Waals surface area (Å²) in [5.41, 5.74) is 5.47. The molecule has 3 aromatic rings. The standard InChI is InChI=1S/C28H26N2O4S2/c1-17-9-11-21(13-19(17)3)30-27(32)25(36-28(30)35)15-20-10-12-23(24(14-20)33-4)34-16-26(31)29-22-8-6-5-7-18(22)2/h5-15H,16H2,1-4H3,(H,29,31)/b25-15-. The lowest BCUT2D eigenvalue weighted by Gasteiger charge is -2.16. The van der Waals surface area contributed by atoms with Crippen molar-refractivity contribution in [2.24, 2.45) is 0 Å². The third-order valence-corrected chi connectivity index (χ3v) is 7.11. The van der Waals surface area contributed by atoms with Crippen LogP contribution in [0.4, 0.5) is 11.4 Å². The zero-order valence-corrected chi connectivity index (χ0v) is 22.1. The maximum absolute atomic E-state index is 13.1. The number of thioether (sulfide) groups is 1. The van der Waals surface area contributed by atoms with Crippen LogP contribution in [0.15, 0.2) is 65.6 Å². The molecular weight excluding hydrogens is 492 g/mol. The molecule has 0 atom stereocenters. The Morgan fingerprint density at radius 1 is 1.00 bits per heavy atom. The van der Waals surface area contributed by atoms with Crippen LogP contribution >= 0.6 is 24.0 Å². The summed E-state index contributed by atoms with van der Waals surface area (Å²) in [6.45, 7) is 5.79. The molecule has 2 amide bonds. The molecule has 36 heavy (non-hydrogen) atoms. The second kappa shape index (κ2) is 11.0. The average molecular weight is 519 g/mol. The van der Waals surface area contributed by atoms with E-state index in [9.17, 15) is 9.59 Å². The molecule has 0 unspecified atom stereocenters. The van der Waals surface area contributed by atoms with Gasteiger partial charge in [0.25, 0.3) is 11.8 Å². The van der Waals surface area contributed by atoms with Crippen LogP contribution in [-0.4, -0.2) is 29.9 Å². The van der Waals surface area contributed by atoms with Crippen LogP contribution in [-0.2, 0) is 9.59 Å². The van der Waals surface area contributed by atoms with Gasteiger partial charge in [-0.05, 0) is 79.4 Å². The number of nitrogens with one attached hydrogen (secondary N) is 1. The SMILES string of the molecule is COc1cc(/C=C2\SC(=S)N(c3ccc(C)c(C)c3)C2=O)ccc1OCC(=O)Nc1ccccc1C. The van der Waals surface area contributed by atoms with Gasteiger partial charge in [0.1, 0.15) is 0 Å². The Labute approximate surface area is 220 Å². The van der Waals surface area contributed by atoms with Gasteiger partial charge < -0.3 is 14.8 Å². The van der Waals surface area contributed by atoms with E-state index >= 15 is 0 Å². The lowest BCUT2D eigenvalue weighted by Crippen LogP contribution is -2.27. The number of hydrogen-bond donors (Lipinski definition) is 1. The number of amides is 2. The van der Waals surface area contributed by atoms with Crippen molar-refractivity contribution in [2.75, 3.05) is 23.9 Å². The van der Waals surface area contributed by atoms with Gasteiger partial charge in [-0.2, -0.15) is 0 Å². The van der Waals surface area contributed by atoms with Crippen LogP contribution in [0.2, 0.25) is 0 Å². The van der Waals surface area contributed by atoms with E-state index in [1.54, 1.807) is 29.2 Å². The maximum Gasteiger partial charge on any atom is 0.270 e. The topological polar surface area (TPSA) is 67.9 Å². The monoisotopic (exact) mass is 518 g/mol. The first-order chi connectivity index (χ1) is 17.3. The zero-order chi connectivity index (χ0) is 25.8. The first-order valence-electron chi connectivity index (χ1n) is 11.3. The third-order valence-electron chi connectivity index (χ3n) is 5.81. The Hall–Kier alpha value is -3.62. The van der Waals surface area contributed by atoms with Gasteiger partial charge in [-0.15, -0.1) is 0 Å². The molecule has 0 aliphatic carbocycles. The molecule has 184 valence electrons. The Balaban J connectivity index is 1.47. The van der Waals surface area contributed by atoms with Gasteiger partial charge in [0.05, 0.1) is 17.7 Å². The van der Waals surface area contributed by atoms with E-state index in [4.69, 9.17) is 21.7 Å². The minimum Gasteiger partial charge on any atom is -0.493 e. The highest BCUT2D eigenvalue weighted by molar-refractivity contribution is 8.27. The van der Waals surface area contributed by atoms with E-state index in [0.717, 1.165) is 33.6 Å². The fourth-order valence-corrected chi connectivity index (χ4v) is 4.94. The highest BCUT2D eigenvalue weighted by Crippen LogP contribution is 2.37. The smallest absolute Gasteiger partial charge is 0.270 e. The lowest BCUT2D eigenvalue weighted by atomic mass is 10.1. The molecule has 3 aromatic carbocycles. The molecule has 6 nitrogen and oxygen atoms in total. The largest absolute Gasteiger partial charge is 0.493 e. The molecule has 0 spiro atoms. The minimum atomic E-state index is -0.273. The maximum atomic E-state index is 13.1. The summed E-state index contributed by atoms with van der Waals surface area (Å²) in [6, 6.07) is 18.7. The predicted molar refractivity (Wildman–Crippen MR) is 150 cm³/mol. The van der Waals surface area contributed by atoms with Crippen LogP contribution in [0.3, 0.4) is 0 Å². The van der Waals surface area contributed by atoms with E-state index in [1.165, 1.54) is 18.9 Å². The molecule has 1 aliphatic rings. The van der Waals surface area contributed by atoms with Gasteiger partial charge in [0.15, 0.2) is 22.4 Å². The highest BCUT2D eigenvalue weighted by Gasteiger charge is 2.33. The summed E-state index contributed by atoms with van der Waals surface area (Å²) in [5.74, 6) is 0.445. The van der Waals surface area contributed by atoms with Crippen molar-refractivity contribution < 1.29 is 19.1 Å². The minimum absolute atomic E-state index is 0.166. The molecule has 4 rings (SSSR count). The van der Waals surface area contributed by atoms with Crippen molar-refractivity contribution in [3.8, 4) is 11.5 Å². The molecule has 1 saturated heterocycles. The third kappa shape index (κ3) is 5.61. The van der Waals surface area contributed by atoms with E-state index in [2.05, 4.69) is 5.32 Å². The van der Waals surface area contributed by atoms with Gasteiger partial charge in [-0.1, -0.05) is 54.3 Å². The second-order valence-corrected chi connectivity index (χ2v) is 10.0. The summed E-state index contributed by atoms with van der Waals surface area (Å²) in [6.07, 6.45) is 1.78. The number of hydrogen-bond acceptors (Lipinski definition) is 6. The molecular formula is C28H26N2O4S2. The molecule has 1 fully saturated rings. The lowest BCUT2D eigenvalue weighted by molar-refractivity contribution is -0.118. The van der Waals surface area contributed by atoms with Crippen molar-refractivity contribution in [2.45, 2.75) is 20.8 Å². The normalized spacial score (nSPS) is 14.3. The van der Waals surface area contributed by atoms with Gasteiger partial charge in [-0.25, -0.2) is 0 Å². The van der Waals surface area contributed by atoms with Crippen molar-refractivity contribution >= 4 is 57.6 Å². The number of nitrogens with zero attached hydrogens (tertiary/aromatic N) is 1. The van der Waals surface area contributed by atoms with Crippen LogP contribution in [0.1, 0.15) is 22.3 Å².